The summed E-state index contributed by atoms with van der Waals surface area (Å²) in [5.74, 6) is 1.52. The van der Waals surface area contributed by atoms with Gasteiger partial charge in [0.25, 0.3) is 0 Å². The number of ether oxygens (including phenoxy) is 2. The highest BCUT2D eigenvalue weighted by molar-refractivity contribution is 5.82. The summed E-state index contributed by atoms with van der Waals surface area (Å²) in [4.78, 5) is 0. The molecular formula is C16H17NO2. The molecule has 2 aromatic carbocycles. The highest BCUT2D eigenvalue weighted by Crippen LogP contribution is 2.38. The fourth-order valence-corrected chi connectivity index (χ4v) is 2.58. The van der Waals surface area contributed by atoms with Gasteiger partial charge >= 0.3 is 0 Å². The zero-order valence-corrected chi connectivity index (χ0v) is 11.2. The smallest absolute Gasteiger partial charge is 0.161 e. The van der Waals surface area contributed by atoms with Crippen LogP contribution in [0.5, 0.6) is 11.5 Å². The van der Waals surface area contributed by atoms with Crippen LogP contribution in [-0.2, 0) is 6.42 Å². The lowest BCUT2D eigenvalue weighted by molar-refractivity contribution is 0.355. The highest BCUT2D eigenvalue weighted by Gasteiger charge is 2.15. The van der Waals surface area contributed by atoms with Crippen molar-refractivity contribution in [2.45, 2.75) is 6.42 Å². The molecule has 0 saturated carbocycles. The monoisotopic (exact) mass is 255 g/mol. The van der Waals surface area contributed by atoms with Crippen LogP contribution in [0.25, 0.3) is 11.1 Å². The van der Waals surface area contributed by atoms with E-state index < -0.39 is 0 Å². The molecule has 0 fully saturated rings. The van der Waals surface area contributed by atoms with Gasteiger partial charge in [-0.25, -0.2) is 0 Å². The Balaban J connectivity index is 2.10. The third-order valence-corrected chi connectivity index (χ3v) is 3.54. The van der Waals surface area contributed by atoms with Crippen molar-refractivity contribution in [2.24, 2.45) is 0 Å². The summed E-state index contributed by atoms with van der Waals surface area (Å²) in [5, 5.41) is 3.46. The standard InChI is InChI=1S/C16H17NO2/c1-18-14-7-6-12(10-15(14)19-2)13-5-3-4-11-8-9-17-16(11)13/h3-7,10,17H,8-9H2,1-2H3. The molecule has 19 heavy (non-hydrogen) atoms. The number of fused-ring (bicyclic) bond motifs is 1. The van der Waals surface area contributed by atoms with Crippen LogP contribution in [0.3, 0.4) is 0 Å². The summed E-state index contributed by atoms with van der Waals surface area (Å²) in [5.41, 5.74) is 4.99. The first-order valence-electron chi connectivity index (χ1n) is 6.41. The molecule has 0 aliphatic carbocycles. The first kappa shape index (κ1) is 11.9. The molecule has 2 aromatic rings. The third kappa shape index (κ3) is 2.01. The molecule has 0 amide bonds. The van der Waals surface area contributed by atoms with Crippen molar-refractivity contribution in [3.05, 3.63) is 42.0 Å². The van der Waals surface area contributed by atoms with Crippen LogP contribution < -0.4 is 14.8 Å². The topological polar surface area (TPSA) is 30.5 Å². The molecule has 0 radical (unpaired) electrons. The van der Waals surface area contributed by atoms with Gasteiger partial charge < -0.3 is 14.8 Å². The van der Waals surface area contributed by atoms with Gasteiger partial charge in [-0.05, 0) is 29.7 Å². The van der Waals surface area contributed by atoms with E-state index in [0.717, 1.165) is 30.0 Å². The molecule has 1 aliphatic heterocycles. The van der Waals surface area contributed by atoms with E-state index in [1.807, 2.05) is 12.1 Å². The van der Waals surface area contributed by atoms with Crippen LogP contribution in [0, 0.1) is 0 Å². The number of benzene rings is 2. The second-order valence-electron chi connectivity index (χ2n) is 4.59. The number of nitrogens with one attached hydrogen (secondary N) is 1. The number of methoxy groups -OCH3 is 2. The second kappa shape index (κ2) is 4.84. The van der Waals surface area contributed by atoms with Gasteiger partial charge in [0.15, 0.2) is 11.5 Å². The fourth-order valence-electron chi connectivity index (χ4n) is 2.58. The van der Waals surface area contributed by atoms with Gasteiger partial charge in [-0.2, -0.15) is 0 Å². The van der Waals surface area contributed by atoms with Crippen molar-refractivity contribution in [1.82, 2.24) is 0 Å². The Morgan fingerprint density at radius 1 is 1.00 bits per heavy atom. The summed E-state index contributed by atoms with van der Waals surface area (Å²) in [6.07, 6.45) is 1.09. The van der Waals surface area contributed by atoms with Gasteiger partial charge in [-0.1, -0.05) is 24.3 Å². The first-order valence-corrected chi connectivity index (χ1v) is 6.41. The minimum Gasteiger partial charge on any atom is -0.493 e. The van der Waals surface area contributed by atoms with E-state index in [0.29, 0.717) is 0 Å². The minimum absolute atomic E-state index is 0.756. The van der Waals surface area contributed by atoms with E-state index >= 15 is 0 Å². The van der Waals surface area contributed by atoms with Crippen molar-refractivity contribution < 1.29 is 9.47 Å². The molecule has 0 aromatic heterocycles. The Morgan fingerprint density at radius 3 is 2.63 bits per heavy atom. The van der Waals surface area contributed by atoms with Gasteiger partial charge in [0.1, 0.15) is 0 Å². The van der Waals surface area contributed by atoms with Crippen molar-refractivity contribution in [1.29, 1.82) is 0 Å². The zero-order chi connectivity index (χ0) is 13.2. The van der Waals surface area contributed by atoms with Crippen LogP contribution in [-0.4, -0.2) is 20.8 Å². The van der Waals surface area contributed by atoms with Gasteiger partial charge in [-0.15, -0.1) is 0 Å². The van der Waals surface area contributed by atoms with E-state index in [4.69, 9.17) is 9.47 Å². The predicted octanol–water partition coefficient (Wildman–Crippen LogP) is 3.34. The van der Waals surface area contributed by atoms with Crippen molar-refractivity contribution in [3.8, 4) is 22.6 Å². The largest absolute Gasteiger partial charge is 0.493 e. The fraction of sp³-hybridized carbons (Fsp3) is 0.250. The van der Waals surface area contributed by atoms with Gasteiger partial charge in [0.05, 0.1) is 14.2 Å². The lowest BCUT2D eigenvalue weighted by Gasteiger charge is -2.12. The van der Waals surface area contributed by atoms with Crippen molar-refractivity contribution in [3.63, 3.8) is 0 Å². The first-order chi connectivity index (χ1) is 9.33. The highest BCUT2D eigenvalue weighted by atomic mass is 16.5. The normalized spacial score (nSPS) is 12.7. The number of hydrogen-bond acceptors (Lipinski definition) is 3. The summed E-state index contributed by atoms with van der Waals surface area (Å²) in [6, 6.07) is 12.5. The number of hydrogen-bond donors (Lipinski definition) is 1. The molecule has 1 N–H and O–H groups in total. The quantitative estimate of drug-likeness (QED) is 0.912. The second-order valence-corrected chi connectivity index (χ2v) is 4.59. The summed E-state index contributed by atoms with van der Waals surface area (Å²) in [6.45, 7) is 1.01. The van der Waals surface area contributed by atoms with E-state index in [2.05, 4.69) is 29.6 Å². The van der Waals surface area contributed by atoms with E-state index in [-0.39, 0.29) is 0 Å². The zero-order valence-electron chi connectivity index (χ0n) is 11.2. The molecule has 3 nitrogen and oxygen atoms in total. The molecule has 0 atom stereocenters. The summed E-state index contributed by atoms with van der Waals surface area (Å²) >= 11 is 0. The number of anilines is 1. The average molecular weight is 255 g/mol. The molecule has 98 valence electrons. The molecule has 0 saturated heterocycles. The molecule has 1 heterocycles. The average Bonchev–Trinajstić information content (AvgIpc) is 2.94. The molecule has 0 spiro atoms. The number of rotatable bonds is 3. The SMILES string of the molecule is COc1ccc(-c2cccc3c2NCC3)cc1OC. The lowest BCUT2D eigenvalue weighted by atomic mass is 10.0. The van der Waals surface area contributed by atoms with Crippen LogP contribution in [0.15, 0.2) is 36.4 Å². The molecule has 3 rings (SSSR count). The van der Waals surface area contributed by atoms with Gasteiger partial charge in [-0.3, -0.25) is 0 Å². The van der Waals surface area contributed by atoms with Crippen molar-refractivity contribution >= 4 is 5.69 Å². The molecular weight excluding hydrogens is 238 g/mol. The van der Waals surface area contributed by atoms with Gasteiger partial charge in [0.2, 0.25) is 0 Å². The van der Waals surface area contributed by atoms with Crippen LogP contribution in [0.2, 0.25) is 0 Å². The van der Waals surface area contributed by atoms with Crippen LogP contribution in [0.1, 0.15) is 5.56 Å². The maximum absolute atomic E-state index is 5.37. The Morgan fingerprint density at radius 2 is 1.84 bits per heavy atom. The molecule has 3 heteroatoms. The Hall–Kier alpha value is -2.16. The summed E-state index contributed by atoms with van der Waals surface area (Å²) < 4.78 is 10.7. The van der Waals surface area contributed by atoms with E-state index in [9.17, 15) is 0 Å². The Kier molecular flexibility index (Phi) is 3.03. The Labute approximate surface area is 113 Å². The van der Waals surface area contributed by atoms with Crippen LogP contribution in [0.4, 0.5) is 5.69 Å². The van der Waals surface area contributed by atoms with Crippen molar-refractivity contribution in [2.75, 3.05) is 26.1 Å². The maximum atomic E-state index is 5.37. The molecule has 0 bridgehead atoms. The third-order valence-electron chi connectivity index (χ3n) is 3.54. The lowest BCUT2D eigenvalue weighted by Crippen LogP contribution is -1.94. The summed E-state index contributed by atoms with van der Waals surface area (Å²) in [7, 11) is 3.31. The Bertz CT molecular complexity index is 608. The van der Waals surface area contributed by atoms with Crippen LogP contribution >= 0.6 is 0 Å². The predicted molar refractivity (Wildman–Crippen MR) is 77.2 cm³/mol. The molecule has 1 aliphatic rings. The van der Waals surface area contributed by atoms with E-state index in [1.165, 1.54) is 16.8 Å². The van der Waals surface area contributed by atoms with E-state index in [1.54, 1.807) is 14.2 Å². The molecule has 0 unspecified atom stereocenters. The van der Waals surface area contributed by atoms with Gasteiger partial charge in [0, 0.05) is 17.8 Å². The number of para-hydroxylation sites is 1. The minimum atomic E-state index is 0.756. The maximum Gasteiger partial charge on any atom is 0.161 e.